The summed E-state index contributed by atoms with van der Waals surface area (Å²) in [7, 11) is 2.07. The molecule has 1 aliphatic rings. The maximum absolute atomic E-state index is 12.4. The molecule has 1 aromatic carbocycles. The molecule has 2 heterocycles. The van der Waals surface area contributed by atoms with Crippen molar-refractivity contribution in [2.75, 3.05) is 18.4 Å². The fourth-order valence-electron chi connectivity index (χ4n) is 3.38. The van der Waals surface area contributed by atoms with E-state index in [0.717, 1.165) is 31.5 Å². The second kappa shape index (κ2) is 7.01. The summed E-state index contributed by atoms with van der Waals surface area (Å²) in [5, 5.41) is 3.01. The van der Waals surface area contributed by atoms with Gasteiger partial charge in [-0.3, -0.25) is 9.69 Å². The van der Waals surface area contributed by atoms with Gasteiger partial charge in [-0.25, -0.2) is 0 Å². The van der Waals surface area contributed by atoms with Crippen LogP contribution in [0.25, 0.3) is 0 Å². The molecule has 23 heavy (non-hydrogen) atoms. The van der Waals surface area contributed by atoms with Crippen LogP contribution in [0.15, 0.2) is 42.6 Å². The predicted molar refractivity (Wildman–Crippen MR) is 93.4 cm³/mol. The van der Waals surface area contributed by atoms with E-state index < -0.39 is 0 Å². The minimum atomic E-state index is 0.0651. The van der Waals surface area contributed by atoms with Gasteiger partial charge in [0.15, 0.2) is 0 Å². The summed E-state index contributed by atoms with van der Waals surface area (Å²) < 4.78 is 2.16. The Bertz CT molecular complexity index is 660. The number of carbonyl (C=O) groups is 1. The first kappa shape index (κ1) is 15.8. The lowest BCUT2D eigenvalue weighted by Crippen LogP contribution is -2.33. The van der Waals surface area contributed by atoms with Crippen LogP contribution in [0.4, 0.5) is 5.69 Å². The van der Waals surface area contributed by atoms with Crippen LogP contribution >= 0.6 is 0 Å². The van der Waals surface area contributed by atoms with Crippen molar-refractivity contribution in [1.82, 2.24) is 9.47 Å². The van der Waals surface area contributed by atoms with Gasteiger partial charge in [-0.1, -0.05) is 19.1 Å². The monoisotopic (exact) mass is 311 g/mol. The maximum atomic E-state index is 12.4. The van der Waals surface area contributed by atoms with Crippen LogP contribution in [0, 0.1) is 0 Å². The smallest absolute Gasteiger partial charge is 0.238 e. The van der Waals surface area contributed by atoms with Gasteiger partial charge in [-0.2, -0.15) is 0 Å². The van der Waals surface area contributed by atoms with E-state index in [1.54, 1.807) is 0 Å². The van der Waals surface area contributed by atoms with E-state index in [1.807, 2.05) is 12.1 Å². The van der Waals surface area contributed by atoms with Crippen LogP contribution in [-0.2, 0) is 18.3 Å². The standard InChI is InChI=1S/C19H25N3O/c1-3-15-8-10-16(11-9-15)20-19(23)14-22-13-5-7-18(22)17-6-4-12-21(17)2/h4,6,8-12,18H,3,5,7,13-14H2,1-2H3,(H,20,23)/t18-/m0/s1. The van der Waals surface area contributed by atoms with Gasteiger partial charge in [0.1, 0.15) is 0 Å². The third kappa shape index (κ3) is 3.64. The second-order valence-corrected chi connectivity index (χ2v) is 6.27. The molecule has 0 unspecified atom stereocenters. The minimum absolute atomic E-state index is 0.0651. The quantitative estimate of drug-likeness (QED) is 0.919. The molecule has 3 rings (SSSR count). The first-order chi connectivity index (χ1) is 11.2. The van der Waals surface area contributed by atoms with E-state index in [0.29, 0.717) is 12.6 Å². The molecular weight excluding hydrogens is 286 g/mol. The number of aryl methyl sites for hydroxylation is 2. The molecule has 4 nitrogen and oxygen atoms in total. The first-order valence-corrected chi connectivity index (χ1v) is 8.41. The molecule has 4 heteroatoms. The molecule has 1 aliphatic heterocycles. The number of anilines is 1. The van der Waals surface area contributed by atoms with Crippen molar-refractivity contribution in [1.29, 1.82) is 0 Å². The van der Waals surface area contributed by atoms with Gasteiger partial charge in [-0.05, 0) is 55.6 Å². The Kier molecular flexibility index (Phi) is 4.82. The van der Waals surface area contributed by atoms with Crippen LogP contribution in [0.5, 0.6) is 0 Å². The highest BCUT2D eigenvalue weighted by atomic mass is 16.2. The number of aromatic nitrogens is 1. The molecule has 1 atom stereocenters. The Balaban J connectivity index is 1.61. The van der Waals surface area contributed by atoms with Crippen molar-refractivity contribution < 1.29 is 4.79 Å². The Morgan fingerprint density at radius 1 is 1.26 bits per heavy atom. The number of benzene rings is 1. The number of hydrogen-bond acceptors (Lipinski definition) is 2. The summed E-state index contributed by atoms with van der Waals surface area (Å²) in [4.78, 5) is 14.6. The number of nitrogens with zero attached hydrogens (tertiary/aromatic N) is 2. The maximum Gasteiger partial charge on any atom is 0.238 e. The lowest BCUT2D eigenvalue weighted by molar-refractivity contribution is -0.117. The third-order valence-corrected chi connectivity index (χ3v) is 4.68. The van der Waals surface area contributed by atoms with E-state index in [9.17, 15) is 4.79 Å². The van der Waals surface area contributed by atoms with E-state index in [1.165, 1.54) is 11.3 Å². The van der Waals surface area contributed by atoms with Crippen molar-refractivity contribution in [3.05, 3.63) is 53.9 Å². The highest BCUT2D eigenvalue weighted by molar-refractivity contribution is 5.92. The van der Waals surface area contributed by atoms with Crippen molar-refractivity contribution in [3.63, 3.8) is 0 Å². The summed E-state index contributed by atoms with van der Waals surface area (Å²) in [6.07, 6.45) is 5.35. The molecule has 0 saturated carbocycles. The lowest BCUT2D eigenvalue weighted by atomic mass is 10.1. The largest absolute Gasteiger partial charge is 0.353 e. The number of likely N-dealkylation sites (tertiary alicyclic amines) is 1. The topological polar surface area (TPSA) is 37.3 Å². The zero-order chi connectivity index (χ0) is 16.2. The summed E-state index contributed by atoms with van der Waals surface area (Å²) in [5.41, 5.74) is 3.45. The predicted octanol–water partition coefficient (Wildman–Crippen LogP) is 3.36. The van der Waals surface area contributed by atoms with Crippen LogP contribution in [0.3, 0.4) is 0 Å². The first-order valence-electron chi connectivity index (χ1n) is 8.41. The normalized spacial score (nSPS) is 18.3. The summed E-state index contributed by atoms with van der Waals surface area (Å²) in [5.74, 6) is 0.0651. The highest BCUT2D eigenvalue weighted by Crippen LogP contribution is 2.31. The molecule has 1 N–H and O–H groups in total. The molecular formula is C19H25N3O. The summed E-state index contributed by atoms with van der Waals surface area (Å²) in [6, 6.07) is 12.7. The molecule has 0 bridgehead atoms. The number of carbonyl (C=O) groups excluding carboxylic acids is 1. The molecule has 2 aromatic rings. The molecule has 0 radical (unpaired) electrons. The van der Waals surface area contributed by atoms with Gasteiger partial charge in [0.2, 0.25) is 5.91 Å². The van der Waals surface area contributed by atoms with Crippen molar-refractivity contribution in [2.45, 2.75) is 32.2 Å². The van der Waals surface area contributed by atoms with Gasteiger partial charge in [0.25, 0.3) is 0 Å². The van der Waals surface area contributed by atoms with E-state index >= 15 is 0 Å². The van der Waals surface area contributed by atoms with Crippen molar-refractivity contribution in [2.24, 2.45) is 7.05 Å². The van der Waals surface area contributed by atoms with Crippen LogP contribution in [0.1, 0.15) is 37.1 Å². The van der Waals surface area contributed by atoms with E-state index in [4.69, 9.17) is 0 Å². The molecule has 1 fully saturated rings. The van der Waals surface area contributed by atoms with Gasteiger partial charge < -0.3 is 9.88 Å². The average Bonchev–Trinajstić information content (AvgIpc) is 3.16. The molecule has 122 valence electrons. The second-order valence-electron chi connectivity index (χ2n) is 6.27. The molecule has 1 saturated heterocycles. The Morgan fingerprint density at radius 3 is 2.70 bits per heavy atom. The molecule has 0 spiro atoms. The Morgan fingerprint density at radius 2 is 2.04 bits per heavy atom. The Hall–Kier alpha value is -2.07. The fraction of sp³-hybridized carbons (Fsp3) is 0.421. The van der Waals surface area contributed by atoms with Crippen LogP contribution in [0.2, 0.25) is 0 Å². The van der Waals surface area contributed by atoms with Crippen molar-refractivity contribution >= 4 is 11.6 Å². The zero-order valence-corrected chi connectivity index (χ0v) is 14.0. The molecule has 0 aliphatic carbocycles. The number of rotatable bonds is 5. The van der Waals surface area contributed by atoms with E-state index in [-0.39, 0.29) is 5.91 Å². The number of hydrogen-bond donors (Lipinski definition) is 1. The average molecular weight is 311 g/mol. The number of amides is 1. The SMILES string of the molecule is CCc1ccc(NC(=O)CN2CCC[C@H]2c2cccn2C)cc1. The fourth-order valence-corrected chi connectivity index (χ4v) is 3.38. The van der Waals surface area contributed by atoms with Gasteiger partial charge in [-0.15, -0.1) is 0 Å². The van der Waals surface area contributed by atoms with E-state index in [2.05, 4.69) is 59.2 Å². The minimum Gasteiger partial charge on any atom is -0.353 e. The summed E-state index contributed by atoms with van der Waals surface area (Å²) in [6.45, 7) is 3.56. The van der Waals surface area contributed by atoms with Crippen LogP contribution in [-0.4, -0.2) is 28.5 Å². The lowest BCUT2D eigenvalue weighted by Gasteiger charge is -2.24. The highest BCUT2D eigenvalue weighted by Gasteiger charge is 2.28. The Labute approximate surface area is 138 Å². The van der Waals surface area contributed by atoms with Gasteiger partial charge >= 0.3 is 0 Å². The number of nitrogens with one attached hydrogen (secondary N) is 1. The molecule has 1 amide bonds. The van der Waals surface area contributed by atoms with Crippen molar-refractivity contribution in [3.8, 4) is 0 Å². The zero-order valence-electron chi connectivity index (χ0n) is 14.0. The van der Waals surface area contributed by atoms with Gasteiger partial charge in [0, 0.05) is 24.6 Å². The van der Waals surface area contributed by atoms with Gasteiger partial charge in [0.05, 0.1) is 12.6 Å². The third-order valence-electron chi connectivity index (χ3n) is 4.68. The van der Waals surface area contributed by atoms with Crippen LogP contribution < -0.4 is 5.32 Å². The summed E-state index contributed by atoms with van der Waals surface area (Å²) >= 11 is 0. The molecule has 1 aromatic heterocycles.